The van der Waals surface area contributed by atoms with Crippen molar-refractivity contribution in [3.8, 4) is 11.5 Å². The van der Waals surface area contributed by atoms with Crippen molar-refractivity contribution in [1.29, 1.82) is 0 Å². The third-order valence-corrected chi connectivity index (χ3v) is 3.64. The van der Waals surface area contributed by atoms with Gasteiger partial charge < -0.3 is 19.5 Å². The zero-order chi connectivity index (χ0) is 15.7. The number of halogens is 1. The van der Waals surface area contributed by atoms with E-state index in [1.807, 2.05) is 19.1 Å². The average Bonchev–Trinajstić information content (AvgIpc) is 2.44. The van der Waals surface area contributed by atoms with Gasteiger partial charge in [0.05, 0.1) is 19.8 Å². The molecule has 1 aromatic rings. The van der Waals surface area contributed by atoms with Crippen molar-refractivity contribution in [2.24, 2.45) is 0 Å². The molecule has 0 amide bonds. The molecule has 0 heterocycles. The lowest BCUT2D eigenvalue weighted by Crippen LogP contribution is -2.17. The van der Waals surface area contributed by atoms with Gasteiger partial charge in [0, 0.05) is 17.6 Å². The molecule has 0 aromatic heterocycles. The highest BCUT2D eigenvalue weighted by Gasteiger charge is 2.09. The van der Waals surface area contributed by atoms with Gasteiger partial charge in [0.1, 0.15) is 0 Å². The smallest absolute Gasteiger partial charge is 0.162 e. The second-order valence-electron chi connectivity index (χ2n) is 4.98. The number of benzene rings is 1. The first-order valence-corrected chi connectivity index (χ1v) is 8.19. The Labute approximate surface area is 136 Å². The molecular formula is C16H26BrNO3. The summed E-state index contributed by atoms with van der Waals surface area (Å²) in [5.41, 5.74) is 1.15. The van der Waals surface area contributed by atoms with Crippen molar-refractivity contribution in [3.05, 3.63) is 22.2 Å². The Morgan fingerprint density at radius 3 is 2.62 bits per heavy atom. The maximum Gasteiger partial charge on any atom is 0.162 e. The van der Waals surface area contributed by atoms with Crippen molar-refractivity contribution in [1.82, 2.24) is 5.32 Å². The van der Waals surface area contributed by atoms with Crippen molar-refractivity contribution < 1.29 is 14.2 Å². The molecule has 1 aromatic carbocycles. The first kappa shape index (κ1) is 18.3. The number of nitrogens with one attached hydrogen (secondary N) is 1. The molecule has 0 spiro atoms. The Bertz CT molecular complexity index is 424. The number of rotatable bonds is 10. The van der Waals surface area contributed by atoms with Crippen LogP contribution in [0.15, 0.2) is 16.6 Å². The standard InChI is InChI=1S/C16H26BrNO3/c1-5-20-16-10-14(17)13(9-15(16)19-4)11-18-7-6-8-21-12(2)3/h9-10,12,18H,5-8,11H2,1-4H3. The quantitative estimate of drug-likeness (QED) is 0.645. The molecule has 1 rings (SSSR count). The normalized spacial score (nSPS) is 11.0. The van der Waals surface area contributed by atoms with Crippen LogP contribution in [0.5, 0.6) is 11.5 Å². The van der Waals surface area contributed by atoms with E-state index in [9.17, 15) is 0 Å². The van der Waals surface area contributed by atoms with Gasteiger partial charge in [-0.1, -0.05) is 15.9 Å². The molecule has 120 valence electrons. The molecule has 21 heavy (non-hydrogen) atoms. The molecule has 0 fully saturated rings. The minimum absolute atomic E-state index is 0.300. The molecule has 4 nitrogen and oxygen atoms in total. The van der Waals surface area contributed by atoms with Crippen LogP contribution in [0.4, 0.5) is 0 Å². The SMILES string of the molecule is CCOc1cc(Br)c(CNCCCOC(C)C)cc1OC. The van der Waals surface area contributed by atoms with Crippen molar-refractivity contribution in [3.63, 3.8) is 0 Å². The number of hydrogen-bond acceptors (Lipinski definition) is 4. The van der Waals surface area contributed by atoms with Crippen LogP contribution in [0.1, 0.15) is 32.8 Å². The van der Waals surface area contributed by atoms with E-state index in [1.165, 1.54) is 0 Å². The monoisotopic (exact) mass is 359 g/mol. The highest BCUT2D eigenvalue weighted by molar-refractivity contribution is 9.10. The third-order valence-electron chi connectivity index (χ3n) is 2.90. The van der Waals surface area contributed by atoms with E-state index in [0.717, 1.165) is 47.7 Å². The highest BCUT2D eigenvalue weighted by Crippen LogP contribution is 2.33. The minimum Gasteiger partial charge on any atom is -0.493 e. The van der Waals surface area contributed by atoms with Crippen LogP contribution < -0.4 is 14.8 Å². The van der Waals surface area contributed by atoms with E-state index in [4.69, 9.17) is 14.2 Å². The van der Waals surface area contributed by atoms with Gasteiger partial charge >= 0.3 is 0 Å². The van der Waals surface area contributed by atoms with E-state index in [0.29, 0.717) is 12.7 Å². The lowest BCUT2D eigenvalue weighted by Gasteiger charge is -2.14. The maximum absolute atomic E-state index is 5.55. The fraction of sp³-hybridized carbons (Fsp3) is 0.625. The van der Waals surface area contributed by atoms with Crippen molar-refractivity contribution in [2.75, 3.05) is 26.9 Å². The number of methoxy groups -OCH3 is 1. The molecule has 0 aliphatic rings. The second-order valence-corrected chi connectivity index (χ2v) is 5.83. The third kappa shape index (κ3) is 6.68. The van der Waals surface area contributed by atoms with E-state index < -0.39 is 0 Å². The predicted molar refractivity (Wildman–Crippen MR) is 89.3 cm³/mol. The first-order chi connectivity index (χ1) is 10.1. The Balaban J connectivity index is 2.47. The van der Waals surface area contributed by atoms with Crippen molar-refractivity contribution in [2.45, 2.75) is 39.8 Å². The van der Waals surface area contributed by atoms with E-state index in [-0.39, 0.29) is 0 Å². The van der Waals surface area contributed by atoms with Crippen LogP contribution in [0.3, 0.4) is 0 Å². The topological polar surface area (TPSA) is 39.7 Å². The van der Waals surface area contributed by atoms with Gasteiger partial charge in [-0.25, -0.2) is 0 Å². The largest absolute Gasteiger partial charge is 0.493 e. The molecule has 5 heteroatoms. The summed E-state index contributed by atoms with van der Waals surface area (Å²) in [6.07, 6.45) is 1.30. The molecular weight excluding hydrogens is 334 g/mol. The van der Waals surface area contributed by atoms with E-state index in [1.54, 1.807) is 7.11 Å². The molecule has 1 N–H and O–H groups in total. The molecule has 0 radical (unpaired) electrons. The summed E-state index contributed by atoms with van der Waals surface area (Å²) in [6, 6.07) is 3.97. The van der Waals surface area contributed by atoms with Gasteiger partial charge in [-0.05, 0) is 51.4 Å². The predicted octanol–water partition coefficient (Wildman–Crippen LogP) is 3.76. The van der Waals surface area contributed by atoms with E-state index in [2.05, 4.69) is 35.1 Å². The Morgan fingerprint density at radius 2 is 2.00 bits per heavy atom. The van der Waals surface area contributed by atoms with Crippen LogP contribution in [-0.2, 0) is 11.3 Å². The fourth-order valence-electron chi connectivity index (χ4n) is 1.88. The molecule has 0 bridgehead atoms. The summed E-state index contributed by atoms with van der Waals surface area (Å²) in [7, 11) is 1.66. The summed E-state index contributed by atoms with van der Waals surface area (Å²) >= 11 is 3.58. The molecule has 0 aliphatic heterocycles. The molecule has 0 unspecified atom stereocenters. The minimum atomic E-state index is 0.300. The van der Waals surface area contributed by atoms with Gasteiger partial charge in [-0.2, -0.15) is 0 Å². The summed E-state index contributed by atoms with van der Waals surface area (Å²) < 4.78 is 17.5. The van der Waals surface area contributed by atoms with Gasteiger partial charge in [0.2, 0.25) is 0 Å². The summed E-state index contributed by atoms with van der Waals surface area (Å²) in [5, 5.41) is 3.41. The Hall–Kier alpha value is -0.780. The van der Waals surface area contributed by atoms with Crippen LogP contribution >= 0.6 is 15.9 Å². The van der Waals surface area contributed by atoms with E-state index >= 15 is 0 Å². The molecule has 0 atom stereocenters. The van der Waals surface area contributed by atoms with Gasteiger partial charge in [-0.3, -0.25) is 0 Å². The Kier molecular flexibility index (Phi) is 8.73. The second kappa shape index (κ2) is 10.0. The number of hydrogen-bond donors (Lipinski definition) is 1. The van der Waals surface area contributed by atoms with Gasteiger partial charge in [-0.15, -0.1) is 0 Å². The number of ether oxygens (including phenoxy) is 3. The highest BCUT2D eigenvalue weighted by atomic mass is 79.9. The maximum atomic E-state index is 5.55. The Morgan fingerprint density at radius 1 is 1.24 bits per heavy atom. The van der Waals surface area contributed by atoms with Crippen LogP contribution in [0.25, 0.3) is 0 Å². The zero-order valence-electron chi connectivity index (χ0n) is 13.4. The summed E-state index contributed by atoms with van der Waals surface area (Å²) in [5.74, 6) is 1.53. The molecule has 0 saturated heterocycles. The average molecular weight is 360 g/mol. The lowest BCUT2D eigenvalue weighted by molar-refractivity contribution is 0.0770. The van der Waals surface area contributed by atoms with Crippen LogP contribution in [0.2, 0.25) is 0 Å². The molecule has 0 aliphatic carbocycles. The zero-order valence-corrected chi connectivity index (χ0v) is 15.0. The van der Waals surface area contributed by atoms with Gasteiger partial charge in [0.25, 0.3) is 0 Å². The molecule has 0 saturated carbocycles. The summed E-state index contributed by atoms with van der Waals surface area (Å²) in [6.45, 7) is 9.18. The lowest BCUT2D eigenvalue weighted by atomic mass is 10.2. The first-order valence-electron chi connectivity index (χ1n) is 7.40. The van der Waals surface area contributed by atoms with Crippen LogP contribution in [-0.4, -0.2) is 33.0 Å². The van der Waals surface area contributed by atoms with Crippen LogP contribution in [0, 0.1) is 0 Å². The van der Waals surface area contributed by atoms with Gasteiger partial charge in [0.15, 0.2) is 11.5 Å². The fourth-order valence-corrected chi connectivity index (χ4v) is 2.34. The summed E-state index contributed by atoms with van der Waals surface area (Å²) in [4.78, 5) is 0. The van der Waals surface area contributed by atoms with Crippen molar-refractivity contribution >= 4 is 15.9 Å².